The molecular weight excluding hydrogens is 228 g/mol. The van der Waals surface area contributed by atoms with Crippen molar-refractivity contribution in [3.05, 3.63) is 17.5 Å². The normalized spacial score (nSPS) is 28.6. The van der Waals surface area contributed by atoms with Crippen LogP contribution in [-0.2, 0) is 18.2 Å². The van der Waals surface area contributed by atoms with Crippen LogP contribution in [0.3, 0.4) is 0 Å². The van der Waals surface area contributed by atoms with Gasteiger partial charge in [-0.2, -0.15) is 5.10 Å². The topological polar surface area (TPSA) is 47.3 Å². The van der Waals surface area contributed by atoms with E-state index in [0.717, 1.165) is 37.1 Å². The van der Waals surface area contributed by atoms with E-state index in [9.17, 15) is 5.11 Å². The summed E-state index contributed by atoms with van der Waals surface area (Å²) in [6.45, 7) is 4.80. The number of aryl methyl sites for hydroxylation is 2. The molecule has 0 aromatic carbocycles. The Kier molecular flexibility index (Phi) is 4.07. The molecule has 1 aromatic heterocycles. The molecule has 2 rings (SSSR count). The maximum atomic E-state index is 10.7. The van der Waals surface area contributed by atoms with E-state index in [2.05, 4.69) is 18.1 Å². The predicted octanol–water partition coefficient (Wildman–Crippen LogP) is 1.98. The molecule has 4 heteroatoms. The summed E-state index contributed by atoms with van der Waals surface area (Å²) in [5.74, 6) is 0. The Bertz CT molecular complexity index is 400. The lowest BCUT2D eigenvalue weighted by Crippen LogP contribution is -2.42. The van der Waals surface area contributed by atoms with Crippen molar-refractivity contribution in [2.45, 2.75) is 57.7 Å². The summed E-state index contributed by atoms with van der Waals surface area (Å²) in [6.07, 6.45) is 4.48. The molecule has 4 nitrogen and oxygen atoms in total. The van der Waals surface area contributed by atoms with Gasteiger partial charge in [-0.15, -0.1) is 0 Å². The van der Waals surface area contributed by atoms with Gasteiger partial charge >= 0.3 is 0 Å². The van der Waals surface area contributed by atoms with Crippen molar-refractivity contribution in [2.75, 3.05) is 6.61 Å². The SMILES string of the molecule is CCCC1CC(O)(Cc2cc(C)nn2C)CCO1. The lowest BCUT2D eigenvalue weighted by Gasteiger charge is -2.37. The second kappa shape index (κ2) is 5.41. The van der Waals surface area contributed by atoms with Crippen LogP contribution < -0.4 is 0 Å². The van der Waals surface area contributed by atoms with Crippen LogP contribution in [-0.4, -0.2) is 33.2 Å². The molecule has 0 bridgehead atoms. The average Bonchev–Trinajstić information content (AvgIpc) is 2.57. The van der Waals surface area contributed by atoms with Crippen LogP contribution in [0.25, 0.3) is 0 Å². The largest absolute Gasteiger partial charge is 0.389 e. The fourth-order valence-electron chi connectivity index (χ4n) is 2.84. The first kappa shape index (κ1) is 13.6. The lowest BCUT2D eigenvalue weighted by atomic mass is 9.85. The molecule has 1 fully saturated rings. The number of hydrogen-bond donors (Lipinski definition) is 1. The third-order valence-electron chi connectivity index (χ3n) is 3.75. The first-order valence-electron chi connectivity index (χ1n) is 6.86. The van der Waals surface area contributed by atoms with Crippen molar-refractivity contribution in [3.63, 3.8) is 0 Å². The molecule has 1 aliphatic rings. The quantitative estimate of drug-likeness (QED) is 0.891. The smallest absolute Gasteiger partial charge is 0.0749 e. The van der Waals surface area contributed by atoms with Crippen molar-refractivity contribution in [2.24, 2.45) is 7.05 Å². The molecule has 1 aromatic rings. The minimum absolute atomic E-state index is 0.211. The molecule has 1 saturated heterocycles. The van der Waals surface area contributed by atoms with Crippen LogP contribution in [0, 0.1) is 6.92 Å². The molecule has 1 N–H and O–H groups in total. The molecule has 0 spiro atoms. The van der Waals surface area contributed by atoms with Gasteiger partial charge in [0, 0.05) is 32.2 Å². The molecule has 0 amide bonds. The number of aromatic nitrogens is 2. The van der Waals surface area contributed by atoms with Crippen molar-refractivity contribution in [1.29, 1.82) is 0 Å². The Hall–Kier alpha value is -0.870. The van der Waals surface area contributed by atoms with E-state index in [1.807, 2.05) is 18.7 Å². The fourth-order valence-corrected chi connectivity index (χ4v) is 2.84. The highest BCUT2D eigenvalue weighted by Crippen LogP contribution is 2.30. The second-order valence-electron chi connectivity index (χ2n) is 5.54. The molecule has 0 radical (unpaired) electrons. The Morgan fingerprint density at radius 3 is 3.00 bits per heavy atom. The Morgan fingerprint density at radius 1 is 1.61 bits per heavy atom. The van der Waals surface area contributed by atoms with E-state index in [0.29, 0.717) is 13.0 Å². The maximum Gasteiger partial charge on any atom is 0.0749 e. The zero-order chi connectivity index (χ0) is 13.2. The summed E-state index contributed by atoms with van der Waals surface area (Å²) < 4.78 is 7.58. The fraction of sp³-hybridized carbons (Fsp3) is 0.786. The predicted molar refractivity (Wildman–Crippen MR) is 70.5 cm³/mol. The molecule has 0 saturated carbocycles. The van der Waals surface area contributed by atoms with Gasteiger partial charge in [-0.1, -0.05) is 13.3 Å². The minimum atomic E-state index is -0.627. The summed E-state index contributed by atoms with van der Waals surface area (Å²) in [4.78, 5) is 0. The highest BCUT2D eigenvalue weighted by Gasteiger charge is 2.35. The van der Waals surface area contributed by atoms with Crippen LogP contribution in [0.5, 0.6) is 0 Å². The van der Waals surface area contributed by atoms with Gasteiger partial charge in [-0.25, -0.2) is 0 Å². The maximum absolute atomic E-state index is 10.7. The van der Waals surface area contributed by atoms with Crippen molar-refractivity contribution >= 4 is 0 Å². The van der Waals surface area contributed by atoms with Crippen LogP contribution >= 0.6 is 0 Å². The van der Waals surface area contributed by atoms with E-state index in [-0.39, 0.29) is 6.10 Å². The Balaban J connectivity index is 2.04. The molecule has 102 valence electrons. The van der Waals surface area contributed by atoms with Gasteiger partial charge in [0.1, 0.15) is 0 Å². The third kappa shape index (κ3) is 3.12. The van der Waals surface area contributed by atoms with Crippen LogP contribution in [0.2, 0.25) is 0 Å². The van der Waals surface area contributed by atoms with Gasteiger partial charge in [0.25, 0.3) is 0 Å². The molecule has 2 heterocycles. The Labute approximate surface area is 109 Å². The summed E-state index contributed by atoms with van der Waals surface area (Å²) in [6, 6.07) is 2.06. The van der Waals surface area contributed by atoms with Crippen molar-refractivity contribution in [1.82, 2.24) is 9.78 Å². The van der Waals surface area contributed by atoms with E-state index in [1.54, 1.807) is 0 Å². The van der Waals surface area contributed by atoms with E-state index in [4.69, 9.17) is 4.74 Å². The first-order chi connectivity index (χ1) is 8.52. The van der Waals surface area contributed by atoms with Gasteiger partial charge in [-0.3, -0.25) is 4.68 Å². The summed E-state index contributed by atoms with van der Waals surface area (Å²) in [5, 5.41) is 15.1. The average molecular weight is 252 g/mol. The van der Waals surface area contributed by atoms with Crippen LogP contribution in [0.15, 0.2) is 6.07 Å². The van der Waals surface area contributed by atoms with E-state index < -0.39 is 5.60 Å². The molecule has 0 aliphatic carbocycles. The van der Waals surface area contributed by atoms with E-state index >= 15 is 0 Å². The standard InChI is InChI=1S/C14H24N2O2/c1-4-5-13-10-14(17,6-7-18-13)9-12-8-11(2)15-16(12)3/h8,13,17H,4-7,9-10H2,1-3H3. The highest BCUT2D eigenvalue weighted by molar-refractivity contribution is 5.12. The number of aliphatic hydroxyl groups is 1. The number of ether oxygens (including phenoxy) is 1. The number of rotatable bonds is 4. The summed E-state index contributed by atoms with van der Waals surface area (Å²) in [5.41, 5.74) is 1.48. The van der Waals surface area contributed by atoms with Gasteiger partial charge in [-0.05, 0) is 25.8 Å². The lowest BCUT2D eigenvalue weighted by molar-refractivity contribution is -0.105. The van der Waals surface area contributed by atoms with Gasteiger partial charge in [0.2, 0.25) is 0 Å². The van der Waals surface area contributed by atoms with Crippen LogP contribution in [0.4, 0.5) is 0 Å². The minimum Gasteiger partial charge on any atom is -0.389 e. The molecular formula is C14H24N2O2. The number of hydrogen-bond acceptors (Lipinski definition) is 3. The first-order valence-corrected chi connectivity index (χ1v) is 6.86. The van der Waals surface area contributed by atoms with E-state index in [1.165, 1.54) is 0 Å². The second-order valence-corrected chi connectivity index (χ2v) is 5.54. The molecule has 1 aliphatic heterocycles. The molecule has 2 atom stereocenters. The zero-order valence-electron chi connectivity index (χ0n) is 11.6. The highest BCUT2D eigenvalue weighted by atomic mass is 16.5. The van der Waals surface area contributed by atoms with Gasteiger partial charge in [0.15, 0.2) is 0 Å². The Morgan fingerprint density at radius 2 is 2.39 bits per heavy atom. The monoisotopic (exact) mass is 252 g/mol. The van der Waals surface area contributed by atoms with Crippen LogP contribution in [0.1, 0.15) is 44.0 Å². The molecule has 2 unspecified atom stereocenters. The number of nitrogens with zero attached hydrogens (tertiary/aromatic N) is 2. The van der Waals surface area contributed by atoms with Gasteiger partial charge < -0.3 is 9.84 Å². The molecule has 18 heavy (non-hydrogen) atoms. The van der Waals surface area contributed by atoms with Gasteiger partial charge in [0.05, 0.1) is 17.4 Å². The van der Waals surface area contributed by atoms with Crippen molar-refractivity contribution < 1.29 is 9.84 Å². The summed E-state index contributed by atoms with van der Waals surface area (Å²) in [7, 11) is 1.94. The summed E-state index contributed by atoms with van der Waals surface area (Å²) >= 11 is 0. The van der Waals surface area contributed by atoms with Crippen molar-refractivity contribution in [3.8, 4) is 0 Å². The third-order valence-corrected chi connectivity index (χ3v) is 3.75. The zero-order valence-corrected chi connectivity index (χ0v) is 11.6.